The van der Waals surface area contributed by atoms with Crippen molar-refractivity contribution in [2.24, 2.45) is 0 Å². The number of amides is 2. The van der Waals surface area contributed by atoms with Crippen molar-refractivity contribution in [2.45, 2.75) is 32.1 Å². The number of benzene rings is 3. The molecule has 0 spiro atoms. The van der Waals surface area contributed by atoms with Gasteiger partial charge in [0.05, 0.1) is 5.69 Å². The van der Waals surface area contributed by atoms with Crippen molar-refractivity contribution in [3.05, 3.63) is 101 Å². The van der Waals surface area contributed by atoms with Gasteiger partial charge in [-0.2, -0.15) is 0 Å². The summed E-state index contributed by atoms with van der Waals surface area (Å²) in [6.45, 7) is 5.84. The molecule has 37 heavy (non-hydrogen) atoms. The second-order valence-corrected chi connectivity index (χ2v) is 10.00. The normalized spacial score (nSPS) is 18.1. The highest BCUT2D eigenvalue weighted by molar-refractivity contribution is 5.95. The Kier molecular flexibility index (Phi) is 7.54. The quantitative estimate of drug-likeness (QED) is 0.474. The number of rotatable bonds is 5. The predicted octanol–water partition coefficient (Wildman–Crippen LogP) is 5.37. The van der Waals surface area contributed by atoms with E-state index < -0.39 is 0 Å². The molecule has 2 aliphatic rings. The monoisotopic (exact) mass is 499 g/mol. The van der Waals surface area contributed by atoms with Gasteiger partial charge in [0.1, 0.15) is 5.82 Å². The fourth-order valence-corrected chi connectivity index (χ4v) is 5.47. The van der Waals surface area contributed by atoms with Crippen LogP contribution in [0.25, 0.3) is 0 Å². The van der Waals surface area contributed by atoms with Crippen molar-refractivity contribution in [3.63, 3.8) is 0 Å². The summed E-state index contributed by atoms with van der Waals surface area (Å²) < 4.78 is 14.2. The van der Waals surface area contributed by atoms with Crippen molar-refractivity contribution < 1.29 is 14.0 Å². The van der Waals surface area contributed by atoms with Gasteiger partial charge in [-0.15, -0.1) is 0 Å². The van der Waals surface area contributed by atoms with Crippen molar-refractivity contribution >= 4 is 17.5 Å². The molecule has 5 nitrogen and oxygen atoms in total. The fraction of sp³-hybridized carbons (Fsp3) is 0.355. The van der Waals surface area contributed by atoms with Gasteiger partial charge in [0.25, 0.3) is 11.8 Å². The Labute approximate surface area is 218 Å². The van der Waals surface area contributed by atoms with E-state index in [1.165, 1.54) is 11.6 Å². The van der Waals surface area contributed by atoms with Crippen LogP contribution in [0.3, 0.4) is 0 Å². The molecule has 0 bridgehead atoms. The molecule has 0 N–H and O–H groups in total. The van der Waals surface area contributed by atoms with Gasteiger partial charge in [-0.05, 0) is 66.8 Å². The van der Waals surface area contributed by atoms with E-state index in [9.17, 15) is 14.0 Å². The molecule has 1 atom stereocenters. The Morgan fingerprint density at radius 1 is 0.811 bits per heavy atom. The fourth-order valence-electron chi connectivity index (χ4n) is 5.47. The van der Waals surface area contributed by atoms with Gasteiger partial charge in [-0.1, -0.05) is 43.3 Å². The Morgan fingerprint density at radius 2 is 1.54 bits per heavy atom. The van der Waals surface area contributed by atoms with E-state index >= 15 is 0 Å². The molecule has 0 aromatic heterocycles. The van der Waals surface area contributed by atoms with E-state index in [0.29, 0.717) is 44.0 Å². The maximum Gasteiger partial charge on any atom is 0.253 e. The molecule has 3 aromatic carbocycles. The lowest BCUT2D eigenvalue weighted by Gasteiger charge is -2.36. The van der Waals surface area contributed by atoms with Gasteiger partial charge >= 0.3 is 0 Å². The number of piperidine rings is 1. The Hall–Kier alpha value is -3.67. The number of hydrogen-bond donors (Lipinski definition) is 0. The SMILES string of the molecule is CCc1ccc(C(=O)N2CCCC(c3cccc(C(=O)N4CCN(c5ccccc5F)CC4)c3)C2)cc1. The van der Waals surface area contributed by atoms with Crippen LogP contribution >= 0.6 is 0 Å². The molecular weight excluding hydrogens is 465 g/mol. The lowest BCUT2D eigenvalue weighted by atomic mass is 9.89. The van der Waals surface area contributed by atoms with Crippen molar-refractivity contribution in [1.29, 1.82) is 0 Å². The number of carbonyl (C=O) groups excluding carboxylic acids is 2. The van der Waals surface area contributed by atoms with Crippen LogP contribution in [0, 0.1) is 5.82 Å². The molecule has 2 aliphatic heterocycles. The highest BCUT2D eigenvalue weighted by atomic mass is 19.1. The number of anilines is 1. The van der Waals surface area contributed by atoms with Crippen LogP contribution in [0.1, 0.15) is 57.5 Å². The maximum absolute atomic E-state index is 14.2. The lowest BCUT2D eigenvalue weighted by Crippen LogP contribution is -2.49. The Morgan fingerprint density at radius 3 is 2.27 bits per heavy atom. The first-order chi connectivity index (χ1) is 18.0. The molecule has 2 heterocycles. The zero-order valence-corrected chi connectivity index (χ0v) is 21.4. The zero-order valence-electron chi connectivity index (χ0n) is 21.4. The minimum atomic E-state index is -0.229. The molecule has 0 aliphatic carbocycles. The van der Waals surface area contributed by atoms with Crippen LogP contribution in [0.15, 0.2) is 72.8 Å². The third-order valence-electron chi connectivity index (χ3n) is 7.68. The van der Waals surface area contributed by atoms with E-state index in [2.05, 4.69) is 13.0 Å². The number of likely N-dealkylation sites (tertiary alicyclic amines) is 1. The first-order valence-electron chi connectivity index (χ1n) is 13.3. The summed E-state index contributed by atoms with van der Waals surface area (Å²) in [5, 5.41) is 0. The molecule has 5 rings (SSSR count). The minimum Gasteiger partial charge on any atom is -0.366 e. The van der Waals surface area contributed by atoms with Crippen LogP contribution in [0.2, 0.25) is 0 Å². The summed E-state index contributed by atoms with van der Waals surface area (Å²) in [7, 11) is 0. The van der Waals surface area contributed by atoms with Crippen LogP contribution in [-0.4, -0.2) is 60.9 Å². The van der Waals surface area contributed by atoms with Crippen molar-refractivity contribution in [3.8, 4) is 0 Å². The van der Waals surface area contributed by atoms with Gasteiger partial charge in [0, 0.05) is 56.3 Å². The van der Waals surface area contributed by atoms with E-state index in [-0.39, 0.29) is 23.5 Å². The summed E-state index contributed by atoms with van der Waals surface area (Å²) >= 11 is 0. The molecule has 2 saturated heterocycles. The second kappa shape index (κ2) is 11.2. The lowest BCUT2D eigenvalue weighted by molar-refractivity contribution is 0.0704. The van der Waals surface area contributed by atoms with Crippen molar-refractivity contribution in [1.82, 2.24) is 9.80 Å². The first kappa shape index (κ1) is 25.0. The Bertz CT molecular complexity index is 1250. The predicted molar refractivity (Wildman–Crippen MR) is 145 cm³/mol. The molecule has 2 amide bonds. The van der Waals surface area contributed by atoms with Crippen LogP contribution in [-0.2, 0) is 6.42 Å². The largest absolute Gasteiger partial charge is 0.366 e. The summed E-state index contributed by atoms with van der Waals surface area (Å²) in [6, 6.07) is 22.6. The smallest absolute Gasteiger partial charge is 0.253 e. The number of halogens is 1. The number of carbonyl (C=O) groups is 2. The maximum atomic E-state index is 14.2. The molecule has 0 radical (unpaired) electrons. The average molecular weight is 500 g/mol. The minimum absolute atomic E-state index is 0.00906. The average Bonchev–Trinajstić information content (AvgIpc) is 2.97. The highest BCUT2D eigenvalue weighted by Gasteiger charge is 2.27. The first-order valence-corrected chi connectivity index (χ1v) is 13.3. The van der Waals surface area contributed by atoms with E-state index in [1.54, 1.807) is 12.1 Å². The molecule has 1 unspecified atom stereocenters. The van der Waals surface area contributed by atoms with Crippen LogP contribution < -0.4 is 4.90 Å². The Balaban J connectivity index is 1.23. The molecule has 6 heteroatoms. The molecular formula is C31H34FN3O2. The summed E-state index contributed by atoms with van der Waals surface area (Å²) in [5.74, 6) is 0.0633. The third kappa shape index (κ3) is 5.53. The van der Waals surface area contributed by atoms with Crippen LogP contribution in [0.5, 0.6) is 0 Å². The van der Waals surface area contributed by atoms with Gasteiger partial charge in [-0.3, -0.25) is 9.59 Å². The zero-order chi connectivity index (χ0) is 25.8. The summed E-state index contributed by atoms with van der Waals surface area (Å²) in [4.78, 5) is 32.3. The highest BCUT2D eigenvalue weighted by Crippen LogP contribution is 2.29. The topological polar surface area (TPSA) is 43.9 Å². The van der Waals surface area contributed by atoms with Gasteiger partial charge in [0.2, 0.25) is 0 Å². The third-order valence-corrected chi connectivity index (χ3v) is 7.68. The van der Waals surface area contributed by atoms with Crippen molar-refractivity contribution in [2.75, 3.05) is 44.2 Å². The molecule has 0 saturated carbocycles. The number of hydrogen-bond acceptors (Lipinski definition) is 3. The summed E-state index contributed by atoms with van der Waals surface area (Å²) in [6.07, 6.45) is 2.90. The standard InChI is InChI=1S/C31H34FN3O2/c1-2-23-12-14-24(15-13-23)30(36)35-16-6-9-27(22-35)25-7-5-8-26(21-25)31(37)34-19-17-33(18-20-34)29-11-4-3-10-28(29)32/h3-5,7-8,10-15,21,27H,2,6,9,16-20,22H2,1H3. The molecule has 3 aromatic rings. The van der Waals surface area contributed by atoms with E-state index in [0.717, 1.165) is 36.9 Å². The number of aryl methyl sites for hydroxylation is 1. The summed E-state index contributed by atoms with van der Waals surface area (Å²) in [5.41, 5.74) is 4.33. The molecule has 192 valence electrons. The number of piperazine rings is 1. The number of nitrogens with zero attached hydrogens (tertiary/aromatic N) is 3. The van der Waals surface area contributed by atoms with E-state index in [4.69, 9.17) is 0 Å². The van der Waals surface area contributed by atoms with Gasteiger partial charge < -0.3 is 14.7 Å². The van der Waals surface area contributed by atoms with Crippen LogP contribution in [0.4, 0.5) is 10.1 Å². The second-order valence-electron chi connectivity index (χ2n) is 10.00. The molecule has 2 fully saturated rings. The van der Waals surface area contributed by atoms with Gasteiger partial charge in [0.15, 0.2) is 0 Å². The van der Waals surface area contributed by atoms with Gasteiger partial charge in [-0.25, -0.2) is 4.39 Å². The van der Waals surface area contributed by atoms with E-state index in [1.807, 2.05) is 63.2 Å². The number of para-hydroxylation sites is 1.